The van der Waals surface area contributed by atoms with Crippen LogP contribution >= 0.6 is 0 Å². The van der Waals surface area contributed by atoms with Crippen molar-refractivity contribution >= 4 is 5.97 Å². The Bertz CT molecular complexity index is 447. The Morgan fingerprint density at radius 2 is 2.27 bits per heavy atom. The van der Waals surface area contributed by atoms with Crippen molar-refractivity contribution in [3.63, 3.8) is 0 Å². The molecule has 0 aliphatic carbocycles. The monoisotopic (exact) mass is 207 g/mol. The molecule has 3 N–H and O–H groups in total. The highest BCUT2D eigenvalue weighted by molar-refractivity contribution is 5.70. The van der Waals surface area contributed by atoms with Crippen molar-refractivity contribution in [1.82, 2.24) is 25.6 Å². The first kappa shape index (κ1) is 9.38. The number of aromatic nitrogens is 5. The maximum absolute atomic E-state index is 10.5. The molecule has 0 saturated heterocycles. The number of carboxylic acids is 1. The second-order valence-electron chi connectivity index (χ2n) is 3.08. The maximum Gasteiger partial charge on any atom is 0.309 e. The summed E-state index contributed by atoms with van der Waals surface area (Å²) >= 11 is 0. The van der Waals surface area contributed by atoms with Gasteiger partial charge in [0.1, 0.15) is 0 Å². The van der Waals surface area contributed by atoms with Crippen LogP contribution in [0.3, 0.4) is 0 Å². The average molecular weight is 207 g/mol. The first-order chi connectivity index (χ1) is 7.25. The normalized spacial score (nSPS) is 10.4. The fourth-order valence-corrected chi connectivity index (χ4v) is 1.30. The van der Waals surface area contributed by atoms with E-state index < -0.39 is 5.97 Å². The Morgan fingerprint density at radius 1 is 1.40 bits per heavy atom. The van der Waals surface area contributed by atoms with Crippen LogP contribution in [0.4, 0.5) is 0 Å². The van der Waals surface area contributed by atoms with Crippen molar-refractivity contribution in [1.29, 1.82) is 0 Å². The van der Waals surface area contributed by atoms with Crippen LogP contribution in [-0.2, 0) is 17.6 Å². The summed E-state index contributed by atoms with van der Waals surface area (Å²) in [5, 5.41) is 25.2. The third-order valence-electron chi connectivity index (χ3n) is 1.97. The molecule has 7 heteroatoms. The Labute approximate surface area is 84.5 Å². The summed E-state index contributed by atoms with van der Waals surface area (Å²) in [4.78, 5) is 10.5. The molecule has 78 valence electrons. The van der Waals surface area contributed by atoms with Crippen LogP contribution in [0.15, 0.2) is 12.4 Å². The van der Waals surface area contributed by atoms with E-state index in [-0.39, 0.29) is 6.42 Å². The lowest BCUT2D eigenvalue weighted by atomic mass is 10.1. The fraction of sp³-hybridized carbons (Fsp3) is 0.250. The molecule has 0 bridgehead atoms. The lowest BCUT2D eigenvalue weighted by Gasteiger charge is -1.96. The molecule has 0 aromatic carbocycles. The van der Waals surface area contributed by atoms with Crippen LogP contribution in [0.1, 0.15) is 17.0 Å². The molecule has 0 spiro atoms. The minimum atomic E-state index is -0.888. The molecule has 0 radical (unpaired) electrons. The van der Waals surface area contributed by atoms with Gasteiger partial charge in [-0.25, -0.2) is 0 Å². The molecule has 2 aromatic heterocycles. The largest absolute Gasteiger partial charge is 0.481 e. The first-order valence-corrected chi connectivity index (χ1v) is 4.33. The van der Waals surface area contributed by atoms with Crippen LogP contribution in [0.2, 0.25) is 0 Å². The molecule has 0 fully saturated rings. The predicted octanol–water partition coefficient (Wildman–Crippen LogP) is -0.254. The van der Waals surface area contributed by atoms with Crippen LogP contribution in [0, 0.1) is 0 Å². The number of rotatable bonds is 4. The SMILES string of the molecule is O=C(O)Cc1[nH]ncc1Cc1cn[nH]n1. The number of nitrogens with one attached hydrogen (secondary N) is 2. The summed E-state index contributed by atoms with van der Waals surface area (Å²) in [6.07, 6.45) is 3.66. The van der Waals surface area contributed by atoms with E-state index in [9.17, 15) is 4.79 Å². The molecule has 0 saturated carbocycles. The van der Waals surface area contributed by atoms with Gasteiger partial charge < -0.3 is 5.11 Å². The topological polar surface area (TPSA) is 108 Å². The van der Waals surface area contributed by atoms with Crippen molar-refractivity contribution < 1.29 is 9.90 Å². The molecule has 2 heterocycles. The molecule has 15 heavy (non-hydrogen) atoms. The number of carboxylic acid groups (broad SMARTS) is 1. The van der Waals surface area contributed by atoms with E-state index in [2.05, 4.69) is 25.6 Å². The van der Waals surface area contributed by atoms with Crippen molar-refractivity contribution in [2.75, 3.05) is 0 Å². The molecular weight excluding hydrogens is 198 g/mol. The van der Waals surface area contributed by atoms with Gasteiger partial charge in [-0.15, -0.1) is 0 Å². The van der Waals surface area contributed by atoms with Gasteiger partial charge in [-0.3, -0.25) is 9.89 Å². The number of nitrogens with zero attached hydrogens (tertiary/aromatic N) is 3. The smallest absolute Gasteiger partial charge is 0.309 e. The Morgan fingerprint density at radius 3 is 2.93 bits per heavy atom. The first-order valence-electron chi connectivity index (χ1n) is 4.33. The lowest BCUT2D eigenvalue weighted by molar-refractivity contribution is -0.136. The quantitative estimate of drug-likeness (QED) is 0.640. The molecule has 0 aliphatic rings. The molecule has 0 amide bonds. The highest BCUT2D eigenvalue weighted by atomic mass is 16.4. The van der Waals surface area contributed by atoms with Crippen molar-refractivity contribution in [2.24, 2.45) is 0 Å². The third kappa shape index (κ3) is 2.19. The highest BCUT2D eigenvalue weighted by Gasteiger charge is 2.10. The predicted molar refractivity (Wildman–Crippen MR) is 49.1 cm³/mol. The van der Waals surface area contributed by atoms with Gasteiger partial charge in [-0.1, -0.05) is 0 Å². The van der Waals surface area contributed by atoms with E-state index in [4.69, 9.17) is 5.11 Å². The van der Waals surface area contributed by atoms with E-state index in [1.165, 1.54) is 0 Å². The van der Waals surface area contributed by atoms with Crippen LogP contribution in [-0.4, -0.2) is 36.7 Å². The second-order valence-corrected chi connectivity index (χ2v) is 3.08. The Hall–Kier alpha value is -2.18. The molecule has 2 rings (SSSR count). The van der Waals surface area contributed by atoms with E-state index in [0.717, 1.165) is 11.3 Å². The maximum atomic E-state index is 10.5. The van der Waals surface area contributed by atoms with Crippen LogP contribution in [0.25, 0.3) is 0 Å². The molecule has 7 nitrogen and oxygen atoms in total. The summed E-state index contributed by atoms with van der Waals surface area (Å²) in [6, 6.07) is 0. The average Bonchev–Trinajstić information content (AvgIpc) is 2.78. The van der Waals surface area contributed by atoms with Gasteiger partial charge in [-0.2, -0.15) is 20.5 Å². The van der Waals surface area contributed by atoms with Gasteiger partial charge in [0.15, 0.2) is 0 Å². The van der Waals surface area contributed by atoms with Gasteiger partial charge in [0.25, 0.3) is 0 Å². The molecule has 0 aliphatic heterocycles. The number of carbonyl (C=O) groups is 1. The minimum Gasteiger partial charge on any atom is -0.481 e. The minimum absolute atomic E-state index is 0.0623. The van der Waals surface area contributed by atoms with E-state index >= 15 is 0 Å². The molecular formula is C8H9N5O2. The van der Waals surface area contributed by atoms with Crippen molar-refractivity contribution in [3.05, 3.63) is 29.3 Å². The van der Waals surface area contributed by atoms with Gasteiger partial charge in [0, 0.05) is 12.1 Å². The lowest BCUT2D eigenvalue weighted by Crippen LogP contribution is -2.03. The summed E-state index contributed by atoms with van der Waals surface area (Å²) in [7, 11) is 0. The zero-order valence-electron chi connectivity index (χ0n) is 7.77. The van der Waals surface area contributed by atoms with Crippen molar-refractivity contribution in [2.45, 2.75) is 12.8 Å². The van der Waals surface area contributed by atoms with E-state index in [0.29, 0.717) is 12.1 Å². The van der Waals surface area contributed by atoms with E-state index in [1.807, 2.05) is 0 Å². The van der Waals surface area contributed by atoms with Gasteiger partial charge in [0.2, 0.25) is 0 Å². The molecule has 0 unspecified atom stereocenters. The van der Waals surface area contributed by atoms with Gasteiger partial charge in [0.05, 0.1) is 24.5 Å². The summed E-state index contributed by atoms with van der Waals surface area (Å²) in [6.45, 7) is 0. The number of aromatic amines is 2. The number of H-pyrrole nitrogens is 2. The van der Waals surface area contributed by atoms with Crippen molar-refractivity contribution in [3.8, 4) is 0 Å². The standard InChI is InChI=1S/C8H9N5O2/c14-8(15)2-7-5(3-9-12-7)1-6-4-10-13-11-6/h3-4H,1-2H2,(H,9,12)(H,14,15)(H,10,11,13). The van der Waals surface area contributed by atoms with E-state index in [1.54, 1.807) is 12.4 Å². The second kappa shape index (κ2) is 3.91. The zero-order chi connectivity index (χ0) is 10.7. The fourth-order valence-electron chi connectivity index (χ4n) is 1.30. The Balaban J connectivity index is 2.14. The third-order valence-corrected chi connectivity index (χ3v) is 1.97. The molecule has 2 aromatic rings. The number of hydrogen-bond acceptors (Lipinski definition) is 4. The number of aliphatic carboxylic acids is 1. The van der Waals surface area contributed by atoms with Gasteiger partial charge >= 0.3 is 5.97 Å². The molecule has 0 atom stereocenters. The van der Waals surface area contributed by atoms with Crippen LogP contribution in [0.5, 0.6) is 0 Å². The highest BCUT2D eigenvalue weighted by Crippen LogP contribution is 2.10. The zero-order valence-corrected chi connectivity index (χ0v) is 7.77. The Kier molecular flexibility index (Phi) is 2.44. The summed E-state index contributed by atoms with van der Waals surface area (Å²) < 4.78 is 0. The van der Waals surface area contributed by atoms with Crippen LogP contribution < -0.4 is 0 Å². The summed E-state index contributed by atoms with van der Waals surface area (Å²) in [5.41, 5.74) is 2.18. The van der Waals surface area contributed by atoms with Gasteiger partial charge in [-0.05, 0) is 5.56 Å². The summed E-state index contributed by atoms with van der Waals surface area (Å²) in [5.74, 6) is -0.888. The number of hydrogen-bond donors (Lipinski definition) is 3.